The number of carbonyl (C=O) groups excluding carboxylic acids is 1. The minimum atomic E-state index is -1.24. The van der Waals surface area contributed by atoms with Crippen molar-refractivity contribution >= 4 is 18.7 Å². The molecule has 4 nitrogen and oxygen atoms in total. The Labute approximate surface area is 126 Å². The van der Waals surface area contributed by atoms with Crippen molar-refractivity contribution in [3.05, 3.63) is 35.4 Å². The zero-order chi connectivity index (χ0) is 14.5. The van der Waals surface area contributed by atoms with E-state index in [1.807, 2.05) is 0 Å². The number of hydrogen-bond donors (Lipinski definition) is 2. The van der Waals surface area contributed by atoms with Gasteiger partial charge in [-0.2, -0.15) is 0 Å². The molecule has 5 heteroatoms. The van der Waals surface area contributed by atoms with Crippen molar-refractivity contribution in [1.82, 2.24) is 0 Å². The maximum atomic E-state index is 10.6. The fraction of sp³-hybridized carbons (Fsp3) is 0.533. The zero-order valence-corrected chi connectivity index (χ0v) is 13.0. The van der Waals surface area contributed by atoms with Crippen molar-refractivity contribution in [3.8, 4) is 0 Å². The molecule has 0 unspecified atom stereocenters. The smallest absolute Gasteiger partial charge is 0.168 e. The van der Waals surface area contributed by atoms with Gasteiger partial charge in [0.15, 0.2) is 5.72 Å². The summed E-state index contributed by atoms with van der Waals surface area (Å²) >= 11 is 0. The van der Waals surface area contributed by atoms with Gasteiger partial charge in [0.05, 0.1) is 0 Å². The van der Waals surface area contributed by atoms with Gasteiger partial charge >= 0.3 is 0 Å². The van der Waals surface area contributed by atoms with Crippen LogP contribution in [0, 0.1) is 5.92 Å². The van der Waals surface area contributed by atoms with Crippen LogP contribution in [-0.2, 0) is 10.5 Å². The van der Waals surface area contributed by atoms with E-state index in [0.717, 1.165) is 12.7 Å². The molecule has 0 bridgehead atoms. The first-order valence-corrected chi connectivity index (χ1v) is 6.51. The van der Waals surface area contributed by atoms with Crippen molar-refractivity contribution < 1.29 is 14.6 Å². The van der Waals surface area contributed by atoms with Gasteiger partial charge in [-0.05, 0) is 18.8 Å². The highest BCUT2D eigenvalue weighted by atomic mass is 35.5. The number of hydrogen-bond acceptors (Lipinski definition) is 4. The maximum absolute atomic E-state index is 10.6. The van der Waals surface area contributed by atoms with E-state index in [2.05, 4.69) is 13.8 Å². The molecule has 20 heavy (non-hydrogen) atoms. The lowest BCUT2D eigenvalue weighted by molar-refractivity contribution is -0.109. The Morgan fingerprint density at radius 1 is 1.30 bits per heavy atom. The summed E-state index contributed by atoms with van der Waals surface area (Å²) in [5.74, 6) is 0.494. The summed E-state index contributed by atoms with van der Waals surface area (Å²) in [6, 6.07) is 6.76. The molecule has 0 aliphatic heterocycles. The highest BCUT2D eigenvalue weighted by Gasteiger charge is 2.35. The van der Waals surface area contributed by atoms with Crippen LogP contribution in [0.3, 0.4) is 0 Å². The summed E-state index contributed by atoms with van der Waals surface area (Å²) < 4.78 is 5.33. The van der Waals surface area contributed by atoms with Crippen LogP contribution in [0.25, 0.3) is 0 Å². The van der Waals surface area contributed by atoms with Gasteiger partial charge in [-0.15, -0.1) is 12.4 Å². The van der Waals surface area contributed by atoms with Gasteiger partial charge in [-0.3, -0.25) is 10.5 Å². The molecular formula is C15H24ClNO3. The van der Waals surface area contributed by atoms with Crippen molar-refractivity contribution in [2.45, 2.75) is 38.5 Å². The van der Waals surface area contributed by atoms with Crippen LogP contribution in [0.2, 0.25) is 0 Å². The lowest BCUT2D eigenvalue weighted by atomic mass is 9.92. The monoisotopic (exact) mass is 301 g/mol. The summed E-state index contributed by atoms with van der Waals surface area (Å²) in [5.41, 5.74) is 6.17. The summed E-state index contributed by atoms with van der Waals surface area (Å²) in [5, 5.41) is 10.3. The molecule has 0 aliphatic carbocycles. The van der Waals surface area contributed by atoms with Crippen LogP contribution >= 0.6 is 12.4 Å². The third kappa shape index (κ3) is 4.56. The summed E-state index contributed by atoms with van der Waals surface area (Å²) in [6.07, 6.45) is 1.42. The number of ether oxygens (including phenoxy) is 1. The van der Waals surface area contributed by atoms with Gasteiger partial charge in [0.2, 0.25) is 0 Å². The molecule has 3 N–H and O–H groups in total. The number of benzene rings is 1. The zero-order valence-electron chi connectivity index (χ0n) is 12.2. The Hall–Kier alpha value is -0.940. The average molecular weight is 302 g/mol. The van der Waals surface area contributed by atoms with E-state index in [4.69, 9.17) is 10.5 Å². The highest BCUT2D eigenvalue weighted by molar-refractivity contribution is 5.85. The average Bonchev–Trinajstić information content (AvgIpc) is 2.43. The number of aldehydes is 1. The molecule has 0 saturated heterocycles. The second kappa shape index (κ2) is 8.37. The first-order chi connectivity index (χ1) is 8.93. The Bertz CT molecular complexity index is 408. The van der Waals surface area contributed by atoms with Crippen LogP contribution in [0.5, 0.6) is 0 Å². The minimum absolute atomic E-state index is 0. The number of nitrogens with two attached hydrogens (primary N) is 1. The molecule has 0 saturated carbocycles. The predicted molar refractivity (Wildman–Crippen MR) is 82.0 cm³/mol. The van der Waals surface area contributed by atoms with Crippen LogP contribution in [0.15, 0.2) is 24.3 Å². The Balaban J connectivity index is 0.00000361. The first kappa shape index (κ1) is 19.1. The summed E-state index contributed by atoms with van der Waals surface area (Å²) in [4.78, 5) is 10.6. The highest BCUT2D eigenvalue weighted by Crippen LogP contribution is 2.27. The fourth-order valence-electron chi connectivity index (χ4n) is 1.97. The van der Waals surface area contributed by atoms with Gasteiger partial charge in [-0.25, -0.2) is 0 Å². The van der Waals surface area contributed by atoms with Crippen LogP contribution < -0.4 is 5.73 Å². The molecule has 0 aromatic heterocycles. The van der Waals surface area contributed by atoms with Crippen molar-refractivity contribution in [2.75, 3.05) is 7.11 Å². The predicted octanol–water partition coefficient (Wildman–Crippen LogP) is 2.48. The molecule has 0 radical (unpaired) electrons. The third-order valence-electron chi connectivity index (χ3n) is 3.35. The maximum Gasteiger partial charge on any atom is 0.168 e. The van der Waals surface area contributed by atoms with Gasteiger partial charge in [0.1, 0.15) is 12.4 Å². The standard InChI is InChI=1S/C15H23NO3.ClH/c1-11(2)4-9-14(18)15(16,19-3)13-7-5-12(10-17)6-8-13;/h5-8,10-11,14,18H,4,9,16H2,1-3H3;1H/t14-,15-;/m0./s1. The van der Waals surface area contributed by atoms with Crippen molar-refractivity contribution in [2.24, 2.45) is 11.7 Å². The molecule has 114 valence electrons. The van der Waals surface area contributed by atoms with E-state index < -0.39 is 11.8 Å². The van der Waals surface area contributed by atoms with Crippen LogP contribution in [0.4, 0.5) is 0 Å². The summed E-state index contributed by atoms with van der Waals surface area (Å²) in [7, 11) is 1.48. The molecule has 1 aromatic rings. The van der Waals surface area contributed by atoms with E-state index in [-0.39, 0.29) is 12.4 Å². The van der Waals surface area contributed by atoms with E-state index in [1.54, 1.807) is 24.3 Å². The largest absolute Gasteiger partial charge is 0.388 e. The van der Waals surface area contributed by atoms with Gasteiger partial charge < -0.3 is 9.84 Å². The summed E-state index contributed by atoms with van der Waals surface area (Å²) in [6.45, 7) is 4.19. The van der Waals surface area contributed by atoms with Crippen LogP contribution in [0.1, 0.15) is 42.6 Å². The Morgan fingerprint density at radius 2 is 1.85 bits per heavy atom. The fourth-order valence-corrected chi connectivity index (χ4v) is 1.97. The SMILES string of the molecule is CO[C@@](N)(c1ccc(C=O)cc1)[C@@H](O)CCC(C)C.Cl. The van der Waals surface area contributed by atoms with Gasteiger partial charge in [0, 0.05) is 18.2 Å². The van der Waals surface area contributed by atoms with E-state index in [0.29, 0.717) is 23.5 Å². The van der Waals surface area contributed by atoms with Crippen LogP contribution in [-0.4, -0.2) is 24.6 Å². The normalized spacial score (nSPS) is 15.3. The molecule has 1 aromatic carbocycles. The van der Waals surface area contributed by atoms with E-state index >= 15 is 0 Å². The topological polar surface area (TPSA) is 72.5 Å². The molecule has 0 spiro atoms. The van der Waals surface area contributed by atoms with Crippen molar-refractivity contribution in [1.29, 1.82) is 0 Å². The minimum Gasteiger partial charge on any atom is -0.388 e. The molecule has 0 heterocycles. The number of methoxy groups -OCH3 is 1. The van der Waals surface area contributed by atoms with Crippen molar-refractivity contribution in [3.63, 3.8) is 0 Å². The molecule has 0 aliphatic rings. The lowest BCUT2D eigenvalue weighted by Crippen LogP contribution is -2.49. The molecular weight excluding hydrogens is 278 g/mol. The number of halogens is 1. The number of aliphatic hydroxyl groups is 1. The lowest BCUT2D eigenvalue weighted by Gasteiger charge is -2.33. The number of aliphatic hydroxyl groups excluding tert-OH is 1. The van der Waals surface area contributed by atoms with Gasteiger partial charge in [0.25, 0.3) is 0 Å². The quantitative estimate of drug-likeness (QED) is 0.599. The number of rotatable bonds is 7. The van der Waals surface area contributed by atoms with E-state index in [1.165, 1.54) is 7.11 Å². The second-order valence-electron chi connectivity index (χ2n) is 5.22. The molecule has 0 fully saturated rings. The van der Waals surface area contributed by atoms with Gasteiger partial charge in [-0.1, -0.05) is 38.1 Å². The molecule has 2 atom stereocenters. The third-order valence-corrected chi connectivity index (χ3v) is 3.35. The number of carbonyl (C=O) groups is 1. The van der Waals surface area contributed by atoms with E-state index in [9.17, 15) is 9.90 Å². The Kier molecular flexibility index (Phi) is 7.98. The second-order valence-corrected chi connectivity index (χ2v) is 5.22. The first-order valence-electron chi connectivity index (χ1n) is 6.51. The molecule has 1 rings (SSSR count). The molecule has 0 amide bonds. The Morgan fingerprint density at radius 3 is 2.25 bits per heavy atom.